The van der Waals surface area contributed by atoms with E-state index >= 15 is 0 Å². The van der Waals surface area contributed by atoms with Crippen LogP contribution in [0.25, 0.3) is 20.7 Å². The van der Waals surface area contributed by atoms with Gasteiger partial charge in [-0.25, -0.2) is 4.98 Å². The van der Waals surface area contributed by atoms with Gasteiger partial charge in [0.2, 0.25) is 5.91 Å². The van der Waals surface area contributed by atoms with Crippen LogP contribution in [-0.2, 0) is 4.79 Å². The summed E-state index contributed by atoms with van der Waals surface area (Å²) < 4.78 is 1.20. The van der Waals surface area contributed by atoms with Crippen molar-refractivity contribution in [2.75, 3.05) is 10.6 Å². The van der Waals surface area contributed by atoms with Crippen molar-refractivity contribution in [2.24, 2.45) is 0 Å². The number of carbonyl (C=O) groups excluding carboxylic acids is 2. The number of carbonyl (C=O) groups is 2. The van der Waals surface area contributed by atoms with Gasteiger partial charge in [-0.15, -0.1) is 22.7 Å². The van der Waals surface area contributed by atoms with Crippen LogP contribution in [0.3, 0.4) is 0 Å². The van der Waals surface area contributed by atoms with Crippen molar-refractivity contribution >= 4 is 55.9 Å². The minimum atomic E-state index is -0.260. The molecule has 0 saturated carbocycles. The number of benzene rings is 2. The van der Waals surface area contributed by atoms with Gasteiger partial charge >= 0.3 is 0 Å². The Bertz CT molecular complexity index is 1130. The van der Waals surface area contributed by atoms with Gasteiger partial charge in [0, 0.05) is 44.7 Å². The Labute approximate surface area is 163 Å². The molecule has 0 unspecified atom stereocenters. The minimum Gasteiger partial charge on any atom is -0.326 e. The molecule has 134 valence electrons. The van der Waals surface area contributed by atoms with Crippen molar-refractivity contribution in [1.82, 2.24) is 4.98 Å². The Morgan fingerprint density at radius 3 is 2.33 bits per heavy atom. The highest BCUT2D eigenvalue weighted by Gasteiger charge is 2.14. The maximum absolute atomic E-state index is 12.5. The van der Waals surface area contributed by atoms with E-state index in [2.05, 4.69) is 33.1 Å². The summed E-state index contributed by atoms with van der Waals surface area (Å²) in [6, 6.07) is 15.1. The zero-order chi connectivity index (χ0) is 18.8. The Morgan fingerprint density at radius 1 is 0.889 bits per heavy atom. The number of thiophene rings is 1. The lowest BCUT2D eigenvalue weighted by molar-refractivity contribution is -0.114. The standard InChI is InChI=1S/C20H15N3O2S2/c1-12(24)21-13-6-8-14(9-7-13)22-19(25)17-11-27-20(23-17)16-10-26-18-5-3-2-4-15(16)18/h2-11H,1H3,(H,21,24)(H,22,25). The molecule has 0 saturated heterocycles. The fourth-order valence-electron chi connectivity index (χ4n) is 2.68. The summed E-state index contributed by atoms with van der Waals surface area (Å²) in [6.07, 6.45) is 0. The number of hydrogen-bond donors (Lipinski definition) is 2. The zero-order valence-electron chi connectivity index (χ0n) is 14.4. The maximum Gasteiger partial charge on any atom is 0.275 e. The van der Waals surface area contributed by atoms with Crippen LogP contribution in [0.2, 0.25) is 0 Å². The lowest BCUT2D eigenvalue weighted by atomic mass is 10.2. The molecule has 7 heteroatoms. The van der Waals surface area contributed by atoms with Crippen molar-refractivity contribution < 1.29 is 9.59 Å². The monoisotopic (exact) mass is 393 g/mol. The second-order valence-corrected chi connectivity index (χ2v) is 7.67. The highest BCUT2D eigenvalue weighted by molar-refractivity contribution is 7.19. The molecule has 0 aliphatic rings. The van der Waals surface area contributed by atoms with E-state index in [4.69, 9.17) is 0 Å². The van der Waals surface area contributed by atoms with Crippen LogP contribution in [0, 0.1) is 0 Å². The van der Waals surface area contributed by atoms with Gasteiger partial charge < -0.3 is 10.6 Å². The van der Waals surface area contributed by atoms with E-state index in [1.54, 1.807) is 41.0 Å². The average Bonchev–Trinajstić information content (AvgIpc) is 3.29. The van der Waals surface area contributed by atoms with Crippen molar-refractivity contribution in [3.63, 3.8) is 0 Å². The first-order chi connectivity index (χ1) is 13.1. The van der Waals surface area contributed by atoms with E-state index in [-0.39, 0.29) is 11.8 Å². The van der Waals surface area contributed by atoms with Crippen LogP contribution >= 0.6 is 22.7 Å². The summed E-state index contributed by atoms with van der Waals surface area (Å²) >= 11 is 3.13. The van der Waals surface area contributed by atoms with Gasteiger partial charge in [0.25, 0.3) is 5.91 Å². The molecular weight excluding hydrogens is 378 g/mol. The van der Waals surface area contributed by atoms with Gasteiger partial charge in [-0.1, -0.05) is 18.2 Å². The molecule has 2 amide bonds. The number of fused-ring (bicyclic) bond motifs is 1. The summed E-state index contributed by atoms with van der Waals surface area (Å²) in [5, 5.41) is 11.3. The molecule has 27 heavy (non-hydrogen) atoms. The van der Waals surface area contributed by atoms with Gasteiger partial charge in [-0.3, -0.25) is 9.59 Å². The molecule has 2 aromatic carbocycles. The third kappa shape index (κ3) is 3.74. The fraction of sp³-hybridized carbons (Fsp3) is 0.0500. The molecule has 0 fully saturated rings. The normalized spacial score (nSPS) is 10.7. The highest BCUT2D eigenvalue weighted by atomic mass is 32.1. The molecule has 4 aromatic rings. The largest absolute Gasteiger partial charge is 0.326 e. The molecule has 0 spiro atoms. The number of anilines is 2. The van der Waals surface area contributed by atoms with Crippen molar-refractivity contribution in [1.29, 1.82) is 0 Å². The Morgan fingerprint density at radius 2 is 1.59 bits per heavy atom. The average molecular weight is 393 g/mol. The molecular formula is C20H15N3O2S2. The summed E-state index contributed by atoms with van der Waals surface area (Å²) in [7, 11) is 0. The van der Waals surface area contributed by atoms with Gasteiger partial charge in [-0.2, -0.15) is 0 Å². The van der Waals surface area contributed by atoms with Gasteiger partial charge in [0.15, 0.2) is 0 Å². The molecule has 0 atom stereocenters. The highest BCUT2D eigenvalue weighted by Crippen LogP contribution is 2.35. The van der Waals surface area contributed by atoms with Crippen molar-refractivity contribution in [3.8, 4) is 10.6 Å². The van der Waals surface area contributed by atoms with Gasteiger partial charge in [0.1, 0.15) is 10.7 Å². The SMILES string of the molecule is CC(=O)Nc1ccc(NC(=O)c2csc(-c3csc4ccccc34)n2)cc1. The first-order valence-electron chi connectivity index (χ1n) is 8.21. The van der Waals surface area contributed by atoms with E-state index in [0.29, 0.717) is 17.1 Å². The Kier molecular flexibility index (Phi) is 4.70. The fourth-order valence-corrected chi connectivity index (χ4v) is 4.53. The second kappa shape index (κ2) is 7.30. The topological polar surface area (TPSA) is 71.1 Å². The smallest absolute Gasteiger partial charge is 0.275 e. The van der Waals surface area contributed by atoms with Crippen molar-refractivity contribution in [2.45, 2.75) is 6.92 Å². The number of thiazole rings is 1. The maximum atomic E-state index is 12.5. The molecule has 0 aliphatic carbocycles. The number of hydrogen-bond acceptors (Lipinski definition) is 5. The van der Waals surface area contributed by atoms with Crippen LogP contribution in [0.15, 0.2) is 59.3 Å². The molecule has 5 nitrogen and oxygen atoms in total. The molecule has 4 rings (SSSR count). The zero-order valence-corrected chi connectivity index (χ0v) is 16.0. The summed E-state index contributed by atoms with van der Waals surface area (Å²) in [5.41, 5.74) is 2.76. The molecule has 0 aliphatic heterocycles. The van der Waals surface area contributed by atoms with Crippen LogP contribution in [0.4, 0.5) is 11.4 Å². The number of nitrogens with one attached hydrogen (secondary N) is 2. The summed E-state index contributed by atoms with van der Waals surface area (Å²) in [4.78, 5) is 28.1. The van der Waals surface area contributed by atoms with Gasteiger partial charge in [0.05, 0.1) is 0 Å². The third-order valence-electron chi connectivity index (χ3n) is 3.91. The predicted octanol–water partition coefficient (Wildman–Crippen LogP) is 5.24. The van der Waals surface area contributed by atoms with E-state index in [0.717, 1.165) is 16.0 Å². The molecule has 2 aromatic heterocycles. The predicted molar refractivity (Wildman–Crippen MR) is 112 cm³/mol. The number of aromatic nitrogens is 1. The molecule has 0 radical (unpaired) electrons. The summed E-state index contributed by atoms with van der Waals surface area (Å²) in [6.45, 7) is 1.45. The molecule has 2 N–H and O–H groups in total. The van der Waals surface area contributed by atoms with Crippen LogP contribution in [-0.4, -0.2) is 16.8 Å². The van der Waals surface area contributed by atoms with E-state index in [1.807, 2.05) is 12.1 Å². The number of nitrogens with zero attached hydrogens (tertiary/aromatic N) is 1. The third-order valence-corrected chi connectivity index (χ3v) is 5.75. The van der Waals surface area contributed by atoms with E-state index in [1.165, 1.54) is 23.0 Å². The van der Waals surface area contributed by atoms with Crippen LogP contribution < -0.4 is 10.6 Å². The first-order valence-corrected chi connectivity index (χ1v) is 9.97. The minimum absolute atomic E-state index is 0.136. The Balaban J connectivity index is 1.51. The van der Waals surface area contributed by atoms with E-state index in [9.17, 15) is 9.59 Å². The Hall–Kier alpha value is -3.03. The van der Waals surface area contributed by atoms with Gasteiger partial charge in [-0.05, 0) is 30.3 Å². The summed E-state index contributed by atoms with van der Waals surface area (Å²) in [5.74, 6) is -0.396. The van der Waals surface area contributed by atoms with Crippen LogP contribution in [0.1, 0.15) is 17.4 Å². The lowest BCUT2D eigenvalue weighted by Crippen LogP contribution is -2.12. The molecule has 2 heterocycles. The number of rotatable bonds is 4. The molecule has 0 bridgehead atoms. The second-order valence-electron chi connectivity index (χ2n) is 5.90. The lowest BCUT2D eigenvalue weighted by Gasteiger charge is -2.05. The van der Waals surface area contributed by atoms with E-state index < -0.39 is 0 Å². The first kappa shape index (κ1) is 17.4. The van der Waals surface area contributed by atoms with Crippen LogP contribution in [0.5, 0.6) is 0 Å². The number of amides is 2. The van der Waals surface area contributed by atoms with Crippen molar-refractivity contribution in [3.05, 3.63) is 65.0 Å². The quantitative estimate of drug-likeness (QED) is 0.498.